The second-order valence-electron chi connectivity index (χ2n) is 4.79. The number of aliphatic hydroxyl groups excluding tert-OH is 1. The van der Waals surface area contributed by atoms with Gasteiger partial charge < -0.3 is 14.7 Å². The average molecular weight is 236 g/mol. The highest BCUT2D eigenvalue weighted by molar-refractivity contribution is 5.42. The number of ether oxygens (including phenoxy) is 1. The zero-order valence-corrected chi connectivity index (χ0v) is 10.6. The Bertz CT molecular complexity index is 371. The minimum absolute atomic E-state index is 0.218. The van der Waals surface area contributed by atoms with Crippen molar-refractivity contribution in [3.63, 3.8) is 0 Å². The minimum atomic E-state index is -0.451. The Morgan fingerprint density at radius 3 is 2.65 bits per heavy atom. The number of nitrogens with zero attached hydrogens (tertiary/aromatic N) is 2. The van der Waals surface area contributed by atoms with Crippen molar-refractivity contribution in [1.82, 2.24) is 4.98 Å². The van der Waals surface area contributed by atoms with Gasteiger partial charge in [-0.05, 0) is 38.5 Å². The third-order valence-corrected chi connectivity index (χ3v) is 3.00. The van der Waals surface area contributed by atoms with Crippen molar-refractivity contribution in [2.24, 2.45) is 0 Å². The number of hydrogen-bond acceptors (Lipinski definition) is 4. The zero-order valence-electron chi connectivity index (χ0n) is 10.6. The molecule has 0 aromatic carbocycles. The maximum Gasteiger partial charge on any atom is 0.129 e. The van der Waals surface area contributed by atoms with Crippen LogP contribution >= 0.6 is 0 Å². The molecule has 0 saturated carbocycles. The van der Waals surface area contributed by atoms with Gasteiger partial charge in [0.25, 0.3) is 0 Å². The van der Waals surface area contributed by atoms with Gasteiger partial charge in [-0.3, -0.25) is 0 Å². The van der Waals surface area contributed by atoms with Crippen LogP contribution in [0, 0.1) is 0 Å². The van der Waals surface area contributed by atoms with E-state index in [1.807, 2.05) is 12.1 Å². The van der Waals surface area contributed by atoms with Gasteiger partial charge in [0.2, 0.25) is 0 Å². The molecule has 94 valence electrons. The van der Waals surface area contributed by atoms with E-state index in [0.717, 1.165) is 24.5 Å². The van der Waals surface area contributed by atoms with Crippen molar-refractivity contribution in [2.75, 3.05) is 18.0 Å². The molecule has 3 unspecified atom stereocenters. The van der Waals surface area contributed by atoms with Crippen LogP contribution in [0.1, 0.15) is 32.4 Å². The fourth-order valence-corrected chi connectivity index (χ4v) is 2.23. The van der Waals surface area contributed by atoms with Gasteiger partial charge >= 0.3 is 0 Å². The Kier molecular flexibility index (Phi) is 3.64. The van der Waals surface area contributed by atoms with E-state index in [2.05, 4.69) is 23.7 Å². The van der Waals surface area contributed by atoms with Gasteiger partial charge in [0.1, 0.15) is 5.82 Å². The molecule has 1 N–H and O–H groups in total. The lowest BCUT2D eigenvalue weighted by Gasteiger charge is -2.36. The van der Waals surface area contributed by atoms with Gasteiger partial charge in [-0.1, -0.05) is 0 Å². The predicted octanol–water partition coefficient (Wildman–Crippen LogP) is 1.75. The molecule has 2 heterocycles. The smallest absolute Gasteiger partial charge is 0.129 e. The Balaban J connectivity index is 2.18. The monoisotopic (exact) mass is 236 g/mol. The molecule has 1 aromatic heterocycles. The molecule has 1 saturated heterocycles. The van der Waals surface area contributed by atoms with Crippen LogP contribution in [0.5, 0.6) is 0 Å². The maximum atomic E-state index is 9.58. The molecule has 1 aliphatic rings. The van der Waals surface area contributed by atoms with Gasteiger partial charge in [0.15, 0.2) is 0 Å². The summed E-state index contributed by atoms with van der Waals surface area (Å²) < 4.78 is 5.70. The molecule has 1 fully saturated rings. The summed E-state index contributed by atoms with van der Waals surface area (Å²) in [5.74, 6) is 0.922. The van der Waals surface area contributed by atoms with Gasteiger partial charge in [-0.15, -0.1) is 0 Å². The first-order valence-electron chi connectivity index (χ1n) is 6.10. The van der Waals surface area contributed by atoms with Gasteiger partial charge in [0, 0.05) is 19.3 Å². The summed E-state index contributed by atoms with van der Waals surface area (Å²) in [6, 6.07) is 3.80. The molecular formula is C13H20N2O2. The first-order chi connectivity index (χ1) is 8.06. The van der Waals surface area contributed by atoms with Crippen LogP contribution in [0.2, 0.25) is 0 Å². The summed E-state index contributed by atoms with van der Waals surface area (Å²) in [5.41, 5.74) is 0.904. The first-order valence-corrected chi connectivity index (χ1v) is 6.10. The Morgan fingerprint density at radius 1 is 1.41 bits per heavy atom. The topological polar surface area (TPSA) is 45.6 Å². The molecule has 0 bridgehead atoms. The van der Waals surface area contributed by atoms with E-state index in [9.17, 15) is 5.11 Å². The van der Waals surface area contributed by atoms with Crippen LogP contribution in [0.3, 0.4) is 0 Å². The highest BCUT2D eigenvalue weighted by atomic mass is 16.5. The van der Waals surface area contributed by atoms with Crippen LogP contribution in [0.4, 0.5) is 5.82 Å². The van der Waals surface area contributed by atoms with Gasteiger partial charge in [-0.2, -0.15) is 0 Å². The molecule has 0 aliphatic carbocycles. The van der Waals surface area contributed by atoms with Crippen molar-refractivity contribution in [1.29, 1.82) is 0 Å². The van der Waals surface area contributed by atoms with Crippen molar-refractivity contribution in [3.05, 3.63) is 23.9 Å². The summed E-state index contributed by atoms with van der Waals surface area (Å²) in [5, 5.41) is 9.58. The second kappa shape index (κ2) is 5.02. The SMILES string of the molecule is CC1CN(c2cc(C(C)O)ccn2)CC(C)O1. The van der Waals surface area contributed by atoms with Gasteiger partial charge in [0.05, 0.1) is 18.3 Å². The molecule has 2 rings (SSSR count). The lowest BCUT2D eigenvalue weighted by molar-refractivity contribution is -0.00546. The molecule has 4 heteroatoms. The van der Waals surface area contributed by atoms with E-state index < -0.39 is 6.10 Å². The van der Waals surface area contributed by atoms with E-state index in [-0.39, 0.29) is 12.2 Å². The molecule has 0 spiro atoms. The highest BCUT2D eigenvalue weighted by Gasteiger charge is 2.23. The largest absolute Gasteiger partial charge is 0.389 e. The zero-order chi connectivity index (χ0) is 12.4. The van der Waals surface area contributed by atoms with Gasteiger partial charge in [-0.25, -0.2) is 4.98 Å². The van der Waals surface area contributed by atoms with E-state index >= 15 is 0 Å². The molecule has 1 aliphatic heterocycles. The Labute approximate surface area is 102 Å². The van der Waals surface area contributed by atoms with Crippen LogP contribution in [-0.4, -0.2) is 35.4 Å². The lowest BCUT2D eigenvalue weighted by atomic mass is 10.1. The quantitative estimate of drug-likeness (QED) is 0.849. The Hall–Kier alpha value is -1.13. The standard InChI is InChI=1S/C13H20N2O2/c1-9-7-15(8-10(2)17-9)13-6-12(11(3)16)4-5-14-13/h4-6,9-11,16H,7-8H2,1-3H3. The predicted molar refractivity (Wildman–Crippen MR) is 67.1 cm³/mol. The molecule has 17 heavy (non-hydrogen) atoms. The lowest BCUT2D eigenvalue weighted by Crippen LogP contribution is -2.45. The van der Waals surface area contributed by atoms with E-state index in [4.69, 9.17) is 4.74 Å². The van der Waals surface area contributed by atoms with Crippen molar-refractivity contribution < 1.29 is 9.84 Å². The Morgan fingerprint density at radius 2 is 2.06 bits per heavy atom. The number of pyridine rings is 1. The van der Waals surface area contributed by atoms with Crippen LogP contribution < -0.4 is 4.90 Å². The molecule has 4 nitrogen and oxygen atoms in total. The van der Waals surface area contributed by atoms with E-state index in [0.29, 0.717) is 0 Å². The number of hydrogen-bond donors (Lipinski definition) is 1. The summed E-state index contributed by atoms with van der Waals surface area (Å²) in [6.45, 7) is 7.60. The average Bonchev–Trinajstić information content (AvgIpc) is 2.28. The maximum absolute atomic E-state index is 9.58. The molecule has 3 atom stereocenters. The molecular weight excluding hydrogens is 216 g/mol. The number of aliphatic hydroxyl groups is 1. The van der Waals surface area contributed by atoms with Crippen molar-refractivity contribution in [2.45, 2.75) is 39.1 Å². The number of rotatable bonds is 2. The van der Waals surface area contributed by atoms with E-state index in [1.165, 1.54) is 0 Å². The van der Waals surface area contributed by atoms with Crippen molar-refractivity contribution >= 4 is 5.82 Å². The third-order valence-electron chi connectivity index (χ3n) is 3.00. The second-order valence-corrected chi connectivity index (χ2v) is 4.79. The van der Waals surface area contributed by atoms with Crippen LogP contribution in [0.15, 0.2) is 18.3 Å². The van der Waals surface area contributed by atoms with Crippen molar-refractivity contribution in [3.8, 4) is 0 Å². The van der Waals surface area contributed by atoms with Crippen LogP contribution in [0.25, 0.3) is 0 Å². The number of anilines is 1. The fourth-order valence-electron chi connectivity index (χ4n) is 2.23. The van der Waals surface area contributed by atoms with Crippen LogP contribution in [-0.2, 0) is 4.74 Å². The third kappa shape index (κ3) is 2.96. The molecule has 0 amide bonds. The van der Waals surface area contributed by atoms with E-state index in [1.54, 1.807) is 13.1 Å². The highest BCUT2D eigenvalue weighted by Crippen LogP contribution is 2.21. The number of aromatic nitrogens is 1. The fraction of sp³-hybridized carbons (Fsp3) is 0.615. The number of morpholine rings is 1. The minimum Gasteiger partial charge on any atom is -0.389 e. The summed E-state index contributed by atoms with van der Waals surface area (Å²) >= 11 is 0. The molecule has 1 aromatic rings. The normalized spacial score (nSPS) is 26.9. The first kappa shape index (κ1) is 12.3. The summed E-state index contributed by atoms with van der Waals surface area (Å²) in [4.78, 5) is 6.59. The summed E-state index contributed by atoms with van der Waals surface area (Å²) in [6.07, 6.45) is 1.74. The molecule has 0 radical (unpaired) electrons. The summed E-state index contributed by atoms with van der Waals surface area (Å²) in [7, 11) is 0.